The zero-order valence-corrected chi connectivity index (χ0v) is 7.95. The fourth-order valence-electron chi connectivity index (χ4n) is 0.950. The second kappa shape index (κ2) is 3.44. The molecule has 0 atom stereocenters. The lowest BCUT2D eigenvalue weighted by molar-refractivity contribution is 0.274. The van der Waals surface area contributed by atoms with E-state index in [0.29, 0.717) is 12.4 Å². The van der Waals surface area contributed by atoms with Crippen LogP contribution in [-0.2, 0) is 16.6 Å². The highest BCUT2D eigenvalue weighted by atomic mass is 32.2. The molecule has 0 amide bonds. The number of rotatable bonds is 3. The number of aliphatic hydroxyl groups excluding tert-OH is 1. The van der Waals surface area contributed by atoms with Gasteiger partial charge in [-0.25, -0.2) is 18.5 Å². The molecular formula is C6H11N3O3S. The van der Waals surface area contributed by atoms with Crippen LogP contribution in [0.3, 0.4) is 0 Å². The third-order valence-electron chi connectivity index (χ3n) is 1.59. The summed E-state index contributed by atoms with van der Waals surface area (Å²) < 4.78 is 23.2. The van der Waals surface area contributed by atoms with E-state index in [0.717, 1.165) is 0 Å². The Labute approximate surface area is 76.1 Å². The summed E-state index contributed by atoms with van der Waals surface area (Å²) in [6.45, 7) is 1.89. The molecule has 0 aliphatic carbocycles. The fraction of sp³-hybridized carbons (Fsp3) is 0.500. The van der Waals surface area contributed by atoms with Gasteiger partial charge < -0.3 is 9.67 Å². The summed E-state index contributed by atoms with van der Waals surface area (Å²) >= 11 is 0. The van der Waals surface area contributed by atoms with Crippen LogP contribution in [0.25, 0.3) is 0 Å². The Balaban J connectivity index is 3.09. The summed E-state index contributed by atoms with van der Waals surface area (Å²) in [5.74, 6) is 0.512. The Kier molecular flexibility index (Phi) is 2.69. The minimum atomic E-state index is -3.74. The summed E-state index contributed by atoms with van der Waals surface area (Å²) in [5.41, 5.74) is 0. The van der Waals surface area contributed by atoms with E-state index in [4.69, 9.17) is 10.2 Å². The second-order valence-electron chi connectivity index (χ2n) is 2.59. The number of nitrogens with two attached hydrogens (primary N) is 1. The van der Waals surface area contributed by atoms with Crippen molar-refractivity contribution in [2.24, 2.45) is 5.14 Å². The molecule has 1 heterocycles. The average Bonchev–Trinajstić information content (AvgIpc) is 2.32. The maximum absolute atomic E-state index is 10.8. The maximum Gasteiger partial charge on any atom is 0.257 e. The van der Waals surface area contributed by atoms with Gasteiger partial charge >= 0.3 is 0 Å². The molecular weight excluding hydrogens is 194 g/mol. The molecule has 0 radical (unpaired) electrons. The lowest BCUT2D eigenvalue weighted by Crippen LogP contribution is -2.12. The van der Waals surface area contributed by atoms with Crippen molar-refractivity contribution >= 4 is 10.0 Å². The predicted molar refractivity (Wildman–Crippen MR) is 45.4 cm³/mol. The molecule has 1 aromatic heterocycles. The van der Waals surface area contributed by atoms with Crippen LogP contribution in [0, 0.1) is 6.92 Å². The van der Waals surface area contributed by atoms with Crippen molar-refractivity contribution in [1.29, 1.82) is 0 Å². The number of imidazole rings is 1. The van der Waals surface area contributed by atoms with Crippen molar-refractivity contribution < 1.29 is 13.5 Å². The van der Waals surface area contributed by atoms with Gasteiger partial charge in [0, 0.05) is 12.7 Å². The number of primary sulfonamides is 1. The molecule has 0 aliphatic heterocycles. The highest BCUT2D eigenvalue weighted by molar-refractivity contribution is 7.89. The van der Waals surface area contributed by atoms with Gasteiger partial charge in [-0.2, -0.15) is 0 Å². The van der Waals surface area contributed by atoms with Gasteiger partial charge in [-0.15, -0.1) is 0 Å². The first-order valence-corrected chi connectivity index (χ1v) is 5.17. The summed E-state index contributed by atoms with van der Waals surface area (Å²) in [4.78, 5) is 3.74. The first-order chi connectivity index (χ1) is 5.95. The number of aryl methyl sites for hydroxylation is 1. The summed E-state index contributed by atoms with van der Waals surface area (Å²) in [5, 5.41) is 13.3. The minimum absolute atomic E-state index is 0.0682. The molecule has 3 N–H and O–H groups in total. The van der Waals surface area contributed by atoms with Gasteiger partial charge in [-0.05, 0) is 6.92 Å². The summed E-state index contributed by atoms with van der Waals surface area (Å²) in [6.07, 6.45) is 1.31. The zero-order chi connectivity index (χ0) is 10.1. The number of aromatic nitrogens is 2. The fourth-order valence-corrected chi connectivity index (χ4v) is 1.48. The lowest BCUT2D eigenvalue weighted by Gasteiger charge is -1.98. The zero-order valence-electron chi connectivity index (χ0n) is 7.14. The van der Waals surface area contributed by atoms with Crippen LogP contribution in [0.4, 0.5) is 0 Å². The van der Waals surface area contributed by atoms with Crippen molar-refractivity contribution in [3.05, 3.63) is 12.0 Å². The Hall–Kier alpha value is -0.920. The third kappa shape index (κ3) is 2.27. The van der Waals surface area contributed by atoms with Crippen molar-refractivity contribution in [3.8, 4) is 0 Å². The highest BCUT2D eigenvalue weighted by Gasteiger charge is 2.13. The average molecular weight is 205 g/mol. The van der Waals surface area contributed by atoms with Crippen LogP contribution in [-0.4, -0.2) is 29.7 Å². The Morgan fingerprint density at radius 2 is 2.31 bits per heavy atom. The number of aliphatic hydroxyl groups is 1. The molecule has 1 aromatic rings. The van der Waals surface area contributed by atoms with Gasteiger partial charge in [0.15, 0.2) is 5.03 Å². The Morgan fingerprint density at radius 3 is 2.69 bits per heavy atom. The van der Waals surface area contributed by atoms with E-state index >= 15 is 0 Å². The summed E-state index contributed by atoms with van der Waals surface area (Å²) in [7, 11) is -3.74. The first-order valence-electron chi connectivity index (χ1n) is 3.62. The van der Waals surface area contributed by atoms with Gasteiger partial charge in [0.25, 0.3) is 10.0 Å². The van der Waals surface area contributed by atoms with Crippen molar-refractivity contribution in [1.82, 2.24) is 9.55 Å². The topological polar surface area (TPSA) is 98.2 Å². The monoisotopic (exact) mass is 205 g/mol. The lowest BCUT2D eigenvalue weighted by atomic mass is 10.6. The molecule has 0 saturated heterocycles. The largest absolute Gasteiger partial charge is 0.395 e. The van der Waals surface area contributed by atoms with E-state index in [9.17, 15) is 8.42 Å². The number of nitrogens with zero attached hydrogens (tertiary/aromatic N) is 2. The standard InChI is InChI=1S/C6H11N3O3S/c1-5-8-6(13(7,11)12)4-9(5)2-3-10/h4,10H,2-3H2,1H3,(H2,7,11,12). The SMILES string of the molecule is Cc1nc(S(N)(=O)=O)cn1CCO. The molecule has 6 nitrogen and oxygen atoms in total. The van der Waals surface area contributed by atoms with E-state index in [1.54, 1.807) is 6.92 Å². The molecule has 0 spiro atoms. The number of sulfonamides is 1. The van der Waals surface area contributed by atoms with Gasteiger partial charge in [0.2, 0.25) is 0 Å². The van der Waals surface area contributed by atoms with Crippen LogP contribution in [0.2, 0.25) is 0 Å². The number of hydrogen-bond acceptors (Lipinski definition) is 4. The molecule has 0 unspecified atom stereocenters. The van der Waals surface area contributed by atoms with E-state index in [1.807, 2.05) is 0 Å². The van der Waals surface area contributed by atoms with Crippen molar-refractivity contribution in [2.45, 2.75) is 18.5 Å². The molecule has 1 rings (SSSR count). The highest BCUT2D eigenvalue weighted by Crippen LogP contribution is 2.06. The smallest absolute Gasteiger partial charge is 0.257 e. The molecule has 7 heteroatoms. The van der Waals surface area contributed by atoms with Gasteiger partial charge in [-0.1, -0.05) is 0 Å². The maximum atomic E-state index is 10.8. The van der Waals surface area contributed by atoms with Crippen LogP contribution in [0.5, 0.6) is 0 Å². The van der Waals surface area contributed by atoms with Gasteiger partial charge in [0.05, 0.1) is 6.61 Å². The molecule has 0 aliphatic rings. The quantitative estimate of drug-likeness (QED) is 0.649. The van der Waals surface area contributed by atoms with Crippen molar-refractivity contribution in [3.63, 3.8) is 0 Å². The van der Waals surface area contributed by atoms with Crippen LogP contribution >= 0.6 is 0 Å². The van der Waals surface area contributed by atoms with Gasteiger partial charge in [-0.3, -0.25) is 0 Å². The molecule has 0 fully saturated rings. The van der Waals surface area contributed by atoms with Gasteiger partial charge in [0.1, 0.15) is 5.82 Å². The molecule has 13 heavy (non-hydrogen) atoms. The van der Waals surface area contributed by atoms with Crippen LogP contribution in [0.15, 0.2) is 11.2 Å². The normalized spacial score (nSPS) is 11.9. The molecule has 0 bridgehead atoms. The first kappa shape index (κ1) is 10.2. The predicted octanol–water partition coefficient (Wildman–Crippen LogP) is -1.17. The van der Waals surface area contributed by atoms with Crippen molar-refractivity contribution in [2.75, 3.05) is 6.61 Å². The summed E-state index contributed by atoms with van der Waals surface area (Å²) in [6, 6.07) is 0. The Bertz CT molecular complexity index is 395. The molecule has 0 aromatic carbocycles. The van der Waals surface area contributed by atoms with E-state index in [1.165, 1.54) is 10.8 Å². The van der Waals surface area contributed by atoms with E-state index in [2.05, 4.69) is 4.98 Å². The van der Waals surface area contributed by atoms with Crippen LogP contribution in [0.1, 0.15) is 5.82 Å². The van der Waals surface area contributed by atoms with E-state index in [-0.39, 0.29) is 11.6 Å². The van der Waals surface area contributed by atoms with Crippen LogP contribution < -0.4 is 5.14 Å². The molecule has 0 saturated carbocycles. The second-order valence-corrected chi connectivity index (χ2v) is 4.10. The van der Waals surface area contributed by atoms with E-state index < -0.39 is 10.0 Å². The number of hydrogen-bond donors (Lipinski definition) is 2. The minimum Gasteiger partial charge on any atom is -0.395 e. The Morgan fingerprint density at radius 1 is 1.69 bits per heavy atom. The third-order valence-corrected chi connectivity index (χ3v) is 2.37. The molecule has 74 valence electrons.